The first-order chi connectivity index (χ1) is 14.4. The molecule has 0 aliphatic carbocycles. The number of hydrogen-bond acceptors (Lipinski definition) is 7. The molecule has 1 aliphatic rings. The molecule has 8 nitrogen and oxygen atoms in total. The molecule has 3 aromatic rings. The molecule has 30 heavy (non-hydrogen) atoms. The van der Waals surface area contributed by atoms with Gasteiger partial charge in [-0.15, -0.1) is 0 Å². The first-order valence-corrected chi connectivity index (χ1v) is 11.2. The van der Waals surface area contributed by atoms with Crippen LogP contribution in [-0.4, -0.2) is 42.7 Å². The third-order valence-corrected chi connectivity index (χ3v) is 5.90. The number of rotatable bonds is 5. The molecule has 1 saturated heterocycles. The molecule has 1 aromatic heterocycles. The van der Waals surface area contributed by atoms with Crippen molar-refractivity contribution in [2.45, 2.75) is 23.8 Å². The van der Waals surface area contributed by atoms with E-state index in [2.05, 4.69) is 20.2 Å². The van der Waals surface area contributed by atoms with Crippen molar-refractivity contribution in [2.75, 3.05) is 23.3 Å². The topological polar surface area (TPSA) is 121 Å². The fourth-order valence-electron chi connectivity index (χ4n) is 3.38. The smallest absolute Gasteiger partial charge is 0.238 e. The second-order valence-corrected chi connectivity index (χ2v) is 8.78. The predicted octanol–water partition coefficient (Wildman–Crippen LogP) is 2.50. The van der Waals surface area contributed by atoms with E-state index in [0.717, 1.165) is 17.1 Å². The Morgan fingerprint density at radius 2 is 1.73 bits per heavy atom. The van der Waals surface area contributed by atoms with Gasteiger partial charge in [0.2, 0.25) is 16.0 Å². The minimum absolute atomic E-state index is 0.0111. The average molecular weight is 426 g/mol. The molecular weight excluding hydrogens is 402 g/mol. The van der Waals surface area contributed by atoms with Gasteiger partial charge < -0.3 is 15.3 Å². The Balaban J connectivity index is 1.71. The number of aromatic nitrogens is 2. The van der Waals surface area contributed by atoms with Gasteiger partial charge in [0.1, 0.15) is 5.82 Å². The maximum absolute atomic E-state index is 11.7. The van der Waals surface area contributed by atoms with Crippen molar-refractivity contribution in [3.63, 3.8) is 0 Å². The molecule has 4 rings (SSSR count). The molecule has 0 atom stereocenters. The van der Waals surface area contributed by atoms with Crippen LogP contribution in [0, 0.1) is 0 Å². The molecule has 2 heterocycles. The minimum Gasteiger partial charge on any atom is -0.393 e. The van der Waals surface area contributed by atoms with E-state index in [4.69, 9.17) is 5.14 Å². The number of primary sulfonamides is 1. The fraction of sp³-hybridized carbons (Fsp3) is 0.238. The zero-order valence-corrected chi connectivity index (χ0v) is 17.1. The summed E-state index contributed by atoms with van der Waals surface area (Å²) >= 11 is 0. The molecule has 0 radical (unpaired) electrons. The lowest BCUT2D eigenvalue weighted by Gasteiger charge is -2.30. The Hall–Kier alpha value is -3.01. The number of nitrogens with zero attached hydrogens (tertiary/aromatic N) is 3. The van der Waals surface area contributed by atoms with Crippen molar-refractivity contribution in [3.05, 3.63) is 60.7 Å². The number of aliphatic hydroxyl groups is 1. The highest BCUT2D eigenvalue weighted by atomic mass is 32.2. The monoisotopic (exact) mass is 425 g/mol. The van der Waals surface area contributed by atoms with Gasteiger partial charge in [-0.05, 0) is 31.0 Å². The van der Waals surface area contributed by atoms with Gasteiger partial charge >= 0.3 is 0 Å². The predicted molar refractivity (Wildman–Crippen MR) is 116 cm³/mol. The van der Waals surface area contributed by atoms with Gasteiger partial charge in [-0.25, -0.2) is 18.5 Å². The van der Waals surface area contributed by atoms with Gasteiger partial charge in [0.15, 0.2) is 0 Å². The normalized spacial score (nSPS) is 15.2. The summed E-state index contributed by atoms with van der Waals surface area (Å²) < 4.78 is 23.3. The number of piperidine rings is 1. The number of aliphatic hydroxyl groups excluding tert-OH is 1. The second kappa shape index (κ2) is 8.39. The average Bonchev–Trinajstić information content (AvgIpc) is 2.74. The fourth-order valence-corrected chi connectivity index (χ4v) is 3.94. The van der Waals surface area contributed by atoms with E-state index in [9.17, 15) is 13.5 Å². The number of hydrogen-bond donors (Lipinski definition) is 3. The molecule has 2 aromatic carbocycles. The summed E-state index contributed by atoms with van der Waals surface area (Å²) in [4.78, 5) is 11.4. The van der Waals surface area contributed by atoms with Crippen LogP contribution in [0.2, 0.25) is 0 Å². The summed E-state index contributed by atoms with van der Waals surface area (Å²) in [5, 5.41) is 18.2. The van der Waals surface area contributed by atoms with Crippen LogP contribution in [0.25, 0.3) is 11.3 Å². The second-order valence-electron chi connectivity index (χ2n) is 7.22. The molecule has 0 unspecified atom stereocenters. The molecule has 9 heteroatoms. The molecular formula is C21H23N5O3S. The molecule has 1 fully saturated rings. The van der Waals surface area contributed by atoms with Gasteiger partial charge in [-0.3, -0.25) is 0 Å². The highest BCUT2D eigenvalue weighted by Gasteiger charge is 2.20. The third kappa shape index (κ3) is 4.76. The van der Waals surface area contributed by atoms with Gasteiger partial charge in [-0.1, -0.05) is 36.4 Å². The molecule has 4 N–H and O–H groups in total. The Labute approximate surface area is 175 Å². The van der Waals surface area contributed by atoms with Gasteiger partial charge in [0, 0.05) is 30.4 Å². The van der Waals surface area contributed by atoms with Gasteiger partial charge in [-0.2, -0.15) is 4.98 Å². The molecule has 0 saturated carbocycles. The van der Waals surface area contributed by atoms with Crippen molar-refractivity contribution in [1.82, 2.24) is 9.97 Å². The van der Waals surface area contributed by atoms with E-state index < -0.39 is 10.0 Å². The van der Waals surface area contributed by atoms with Crippen LogP contribution in [0.4, 0.5) is 17.5 Å². The van der Waals surface area contributed by atoms with E-state index in [1.54, 1.807) is 12.1 Å². The summed E-state index contributed by atoms with van der Waals surface area (Å²) in [6.45, 7) is 1.40. The third-order valence-electron chi connectivity index (χ3n) is 4.99. The van der Waals surface area contributed by atoms with Gasteiger partial charge in [0.05, 0.1) is 16.7 Å². The maximum atomic E-state index is 11.7. The van der Waals surface area contributed by atoms with Crippen molar-refractivity contribution in [3.8, 4) is 11.3 Å². The van der Waals surface area contributed by atoms with Crippen molar-refractivity contribution in [1.29, 1.82) is 0 Å². The van der Waals surface area contributed by atoms with Crippen molar-refractivity contribution >= 4 is 27.5 Å². The lowest BCUT2D eigenvalue weighted by Crippen LogP contribution is -2.36. The van der Waals surface area contributed by atoms with Crippen LogP contribution in [-0.2, 0) is 10.0 Å². The largest absolute Gasteiger partial charge is 0.393 e. The quantitative estimate of drug-likeness (QED) is 0.574. The van der Waals surface area contributed by atoms with E-state index >= 15 is 0 Å². The van der Waals surface area contributed by atoms with E-state index in [1.807, 2.05) is 36.4 Å². The van der Waals surface area contributed by atoms with Crippen LogP contribution in [0.3, 0.4) is 0 Å². The van der Waals surface area contributed by atoms with E-state index in [1.165, 1.54) is 12.1 Å². The summed E-state index contributed by atoms with van der Waals surface area (Å²) in [5.41, 5.74) is 2.21. The van der Waals surface area contributed by atoms with Crippen molar-refractivity contribution < 1.29 is 13.5 Å². The highest BCUT2D eigenvalue weighted by molar-refractivity contribution is 7.89. The van der Waals surface area contributed by atoms with Gasteiger partial charge in [0.25, 0.3) is 0 Å². The lowest BCUT2D eigenvalue weighted by atomic mass is 10.1. The molecule has 156 valence electrons. The van der Waals surface area contributed by atoms with E-state index in [0.29, 0.717) is 37.6 Å². The lowest BCUT2D eigenvalue weighted by molar-refractivity contribution is 0.145. The zero-order chi connectivity index (χ0) is 21.1. The Morgan fingerprint density at radius 1 is 1.00 bits per heavy atom. The summed E-state index contributed by atoms with van der Waals surface area (Å²) in [5.74, 6) is 1.10. The van der Waals surface area contributed by atoms with Crippen LogP contribution >= 0.6 is 0 Å². The maximum Gasteiger partial charge on any atom is 0.238 e. The first-order valence-electron chi connectivity index (χ1n) is 9.66. The summed E-state index contributed by atoms with van der Waals surface area (Å²) in [6, 6.07) is 17.9. The SMILES string of the molecule is NS(=O)(=O)c1cccc(Nc2nc(-c3ccccc3)cc(N3CCC(O)CC3)n2)c1. The van der Waals surface area contributed by atoms with Crippen LogP contribution in [0.1, 0.15) is 12.8 Å². The number of anilines is 3. The molecule has 0 spiro atoms. The van der Waals surface area contributed by atoms with Crippen LogP contribution in [0.5, 0.6) is 0 Å². The zero-order valence-electron chi connectivity index (χ0n) is 16.3. The summed E-state index contributed by atoms with van der Waals surface area (Å²) in [7, 11) is -3.81. The summed E-state index contributed by atoms with van der Waals surface area (Å²) in [6.07, 6.45) is 1.09. The first kappa shape index (κ1) is 20.3. The Kier molecular flexibility index (Phi) is 5.67. The number of benzene rings is 2. The van der Waals surface area contributed by atoms with Crippen LogP contribution in [0.15, 0.2) is 65.6 Å². The highest BCUT2D eigenvalue weighted by Crippen LogP contribution is 2.27. The minimum atomic E-state index is -3.81. The Bertz CT molecular complexity index is 1130. The molecule has 1 aliphatic heterocycles. The van der Waals surface area contributed by atoms with E-state index in [-0.39, 0.29) is 11.0 Å². The van der Waals surface area contributed by atoms with Crippen LogP contribution < -0.4 is 15.4 Å². The number of nitrogens with one attached hydrogen (secondary N) is 1. The molecule has 0 bridgehead atoms. The Morgan fingerprint density at radius 3 is 2.43 bits per heavy atom. The standard InChI is InChI=1S/C21H23N5O3S/c22-30(28,29)18-8-4-7-16(13-18)23-21-24-19(15-5-2-1-3-6-15)14-20(25-21)26-11-9-17(27)10-12-26/h1-8,13-14,17,27H,9-12H2,(H2,22,28,29)(H,23,24,25). The molecule has 0 amide bonds. The number of nitrogens with two attached hydrogens (primary N) is 1. The van der Waals surface area contributed by atoms with Crippen molar-refractivity contribution in [2.24, 2.45) is 5.14 Å². The number of sulfonamides is 1.